The van der Waals surface area contributed by atoms with Crippen molar-refractivity contribution in [2.24, 2.45) is 0 Å². The number of halogens is 1. The summed E-state index contributed by atoms with van der Waals surface area (Å²) in [4.78, 5) is 15.6. The first-order valence-electron chi connectivity index (χ1n) is 5.17. The molecule has 0 fully saturated rings. The molecule has 0 spiro atoms. The molecule has 0 aliphatic rings. The van der Waals surface area contributed by atoms with E-state index in [0.717, 1.165) is 12.0 Å². The second-order valence-corrected chi connectivity index (χ2v) is 4.19. The predicted octanol–water partition coefficient (Wildman–Crippen LogP) is 2.41. The van der Waals surface area contributed by atoms with Crippen LogP contribution in [0, 0.1) is 0 Å². The molecule has 0 saturated carbocycles. The third kappa shape index (κ3) is 3.17. The van der Waals surface area contributed by atoms with Gasteiger partial charge in [0.1, 0.15) is 0 Å². The third-order valence-corrected chi connectivity index (χ3v) is 2.93. The van der Waals surface area contributed by atoms with Gasteiger partial charge in [-0.2, -0.15) is 0 Å². The number of amides is 1. The summed E-state index contributed by atoms with van der Waals surface area (Å²) in [6.07, 6.45) is 5.74. The Morgan fingerprint density at radius 3 is 2.76 bits per heavy atom. The molecule has 2 heterocycles. The molecule has 0 unspecified atom stereocenters. The van der Waals surface area contributed by atoms with Crippen molar-refractivity contribution in [2.45, 2.75) is 6.42 Å². The van der Waals surface area contributed by atoms with E-state index in [1.54, 1.807) is 18.5 Å². The topological polar surface area (TPSA) is 55.1 Å². The Balaban J connectivity index is 1.84. The molecule has 2 aromatic heterocycles. The maximum atomic E-state index is 11.7. The van der Waals surface area contributed by atoms with E-state index in [1.165, 1.54) is 6.26 Å². The van der Waals surface area contributed by atoms with Gasteiger partial charge in [0.05, 0.1) is 11.8 Å². The lowest BCUT2D eigenvalue weighted by Crippen LogP contribution is -2.25. The normalized spacial score (nSPS) is 10.2. The SMILES string of the molecule is O=C(NCCc1ccncc1)c1ccoc1Br. The molecule has 0 aliphatic carbocycles. The number of nitrogens with one attached hydrogen (secondary N) is 1. The zero-order valence-corrected chi connectivity index (χ0v) is 10.6. The maximum Gasteiger partial charge on any atom is 0.255 e. The van der Waals surface area contributed by atoms with Crippen LogP contribution in [0.5, 0.6) is 0 Å². The molecular formula is C12H11BrN2O2. The van der Waals surface area contributed by atoms with E-state index in [-0.39, 0.29) is 5.91 Å². The Hall–Kier alpha value is -1.62. The second-order valence-electron chi connectivity index (χ2n) is 3.47. The largest absolute Gasteiger partial charge is 0.457 e. The van der Waals surface area contributed by atoms with E-state index in [1.807, 2.05) is 12.1 Å². The lowest BCUT2D eigenvalue weighted by Gasteiger charge is -2.03. The Bertz CT molecular complexity index is 496. The number of nitrogens with zero attached hydrogens (tertiary/aromatic N) is 1. The van der Waals surface area contributed by atoms with Crippen molar-refractivity contribution in [3.05, 3.63) is 52.7 Å². The molecule has 0 atom stereocenters. The van der Waals surface area contributed by atoms with Gasteiger partial charge in [-0.25, -0.2) is 0 Å². The number of carbonyl (C=O) groups is 1. The average molecular weight is 295 g/mol. The highest BCUT2D eigenvalue weighted by Gasteiger charge is 2.11. The van der Waals surface area contributed by atoms with Crippen molar-refractivity contribution >= 4 is 21.8 Å². The van der Waals surface area contributed by atoms with Crippen LogP contribution in [0.4, 0.5) is 0 Å². The highest BCUT2D eigenvalue weighted by atomic mass is 79.9. The molecule has 5 heteroatoms. The van der Waals surface area contributed by atoms with E-state index in [2.05, 4.69) is 26.2 Å². The van der Waals surface area contributed by atoms with Crippen LogP contribution in [0.1, 0.15) is 15.9 Å². The molecule has 1 N–H and O–H groups in total. The second kappa shape index (κ2) is 5.63. The Labute approximate surface area is 107 Å². The van der Waals surface area contributed by atoms with Gasteiger partial charge in [0, 0.05) is 18.9 Å². The van der Waals surface area contributed by atoms with Crippen LogP contribution < -0.4 is 5.32 Å². The monoisotopic (exact) mass is 294 g/mol. The summed E-state index contributed by atoms with van der Waals surface area (Å²) in [6, 6.07) is 5.49. The van der Waals surface area contributed by atoms with Gasteiger partial charge in [-0.1, -0.05) is 0 Å². The summed E-state index contributed by atoms with van der Waals surface area (Å²) in [5.74, 6) is -0.139. The van der Waals surface area contributed by atoms with Crippen LogP contribution in [-0.2, 0) is 6.42 Å². The lowest BCUT2D eigenvalue weighted by molar-refractivity contribution is 0.0952. The van der Waals surface area contributed by atoms with E-state index in [9.17, 15) is 4.79 Å². The van der Waals surface area contributed by atoms with Gasteiger partial charge >= 0.3 is 0 Å². The van der Waals surface area contributed by atoms with Crippen LogP contribution >= 0.6 is 15.9 Å². The fourth-order valence-corrected chi connectivity index (χ4v) is 1.84. The van der Waals surface area contributed by atoms with E-state index in [4.69, 9.17) is 4.42 Å². The summed E-state index contributed by atoms with van der Waals surface area (Å²) in [5, 5.41) is 2.83. The zero-order chi connectivity index (χ0) is 12.1. The number of pyridine rings is 1. The molecular weight excluding hydrogens is 284 g/mol. The predicted molar refractivity (Wildman–Crippen MR) is 66.7 cm³/mol. The van der Waals surface area contributed by atoms with Crippen molar-refractivity contribution < 1.29 is 9.21 Å². The summed E-state index contributed by atoms with van der Waals surface area (Å²) < 4.78 is 5.46. The van der Waals surface area contributed by atoms with Crippen LogP contribution in [0.3, 0.4) is 0 Å². The zero-order valence-electron chi connectivity index (χ0n) is 9.02. The molecule has 2 aromatic rings. The van der Waals surface area contributed by atoms with Crippen LogP contribution in [0.15, 0.2) is 45.9 Å². The van der Waals surface area contributed by atoms with Crippen molar-refractivity contribution in [1.29, 1.82) is 0 Å². The molecule has 1 amide bonds. The molecule has 0 aromatic carbocycles. The first-order chi connectivity index (χ1) is 8.27. The Morgan fingerprint density at radius 1 is 1.35 bits per heavy atom. The molecule has 0 saturated heterocycles. The van der Waals surface area contributed by atoms with Gasteiger partial charge in [-0.3, -0.25) is 9.78 Å². The highest BCUT2D eigenvalue weighted by Crippen LogP contribution is 2.16. The molecule has 2 rings (SSSR count). The van der Waals surface area contributed by atoms with Crippen molar-refractivity contribution in [2.75, 3.05) is 6.54 Å². The fraction of sp³-hybridized carbons (Fsp3) is 0.167. The van der Waals surface area contributed by atoms with E-state index in [0.29, 0.717) is 16.8 Å². The number of aromatic nitrogens is 1. The number of hydrogen-bond acceptors (Lipinski definition) is 3. The molecule has 88 valence electrons. The van der Waals surface area contributed by atoms with Gasteiger partial charge in [-0.05, 0) is 46.1 Å². The average Bonchev–Trinajstić information content (AvgIpc) is 2.77. The quantitative estimate of drug-likeness (QED) is 0.942. The summed E-state index contributed by atoms with van der Waals surface area (Å²) in [6.45, 7) is 0.584. The third-order valence-electron chi connectivity index (χ3n) is 2.31. The van der Waals surface area contributed by atoms with Gasteiger partial charge in [0.25, 0.3) is 5.91 Å². The number of furan rings is 1. The number of rotatable bonds is 4. The van der Waals surface area contributed by atoms with Crippen LogP contribution in [0.25, 0.3) is 0 Å². The molecule has 0 bridgehead atoms. The van der Waals surface area contributed by atoms with E-state index < -0.39 is 0 Å². The number of carbonyl (C=O) groups excluding carboxylic acids is 1. The first kappa shape index (κ1) is 11.9. The molecule has 0 aliphatic heterocycles. The highest BCUT2D eigenvalue weighted by molar-refractivity contribution is 9.10. The minimum Gasteiger partial charge on any atom is -0.457 e. The first-order valence-corrected chi connectivity index (χ1v) is 5.97. The van der Waals surface area contributed by atoms with Crippen molar-refractivity contribution in [1.82, 2.24) is 10.3 Å². The van der Waals surface area contributed by atoms with Crippen molar-refractivity contribution in [3.63, 3.8) is 0 Å². The van der Waals surface area contributed by atoms with Crippen LogP contribution in [-0.4, -0.2) is 17.4 Å². The maximum absolute atomic E-state index is 11.7. The summed E-state index contributed by atoms with van der Waals surface area (Å²) in [5.41, 5.74) is 1.66. The Morgan fingerprint density at radius 2 is 2.12 bits per heavy atom. The number of hydrogen-bond donors (Lipinski definition) is 1. The van der Waals surface area contributed by atoms with Crippen molar-refractivity contribution in [3.8, 4) is 0 Å². The standard InChI is InChI=1S/C12H11BrN2O2/c13-11-10(4-8-17-11)12(16)15-7-3-9-1-5-14-6-2-9/h1-2,4-6,8H,3,7H2,(H,15,16). The minimum atomic E-state index is -0.139. The fourth-order valence-electron chi connectivity index (χ4n) is 1.42. The Kier molecular flexibility index (Phi) is 3.93. The summed E-state index contributed by atoms with van der Waals surface area (Å²) >= 11 is 3.17. The lowest BCUT2D eigenvalue weighted by atomic mass is 10.2. The summed E-state index contributed by atoms with van der Waals surface area (Å²) in [7, 11) is 0. The molecule has 17 heavy (non-hydrogen) atoms. The molecule has 0 radical (unpaired) electrons. The van der Waals surface area contributed by atoms with Crippen LogP contribution in [0.2, 0.25) is 0 Å². The van der Waals surface area contributed by atoms with Gasteiger partial charge < -0.3 is 9.73 Å². The van der Waals surface area contributed by atoms with Gasteiger partial charge in [0.2, 0.25) is 0 Å². The molecule has 4 nitrogen and oxygen atoms in total. The minimum absolute atomic E-state index is 0.139. The van der Waals surface area contributed by atoms with Gasteiger partial charge in [-0.15, -0.1) is 0 Å². The van der Waals surface area contributed by atoms with Gasteiger partial charge in [0.15, 0.2) is 4.67 Å². The smallest absolute Gasteiger partial charge is 0.255 e. The van der Waals surface area contributed by atoms with E-state index >= 15 is 0 Å².